The standard InChI is InChI=1S/C22H17NO3/c1-25-15-11-12-17-19(13-15)26-22(24)20(14-7-3-2-4-8-14)21(17)16-9-5-6-10-18(16)23/h2-13H,23H2,1H3. The van der Waals surface area contributed by atoms with Crippen LogP contribution in [0.5, 0.6) is 5.75 Å². The van der Waals surface area contributed by atoms with Crippen LogP contribution in [0.25, 0.3) is 33.2 Å². The Morgan fingerprint density at radius 3 is 2.35 bits per heavy atom. The van der Waals surface area contributed by atoms with Crippen molar-refractivity contribution in [3.05, 3.63) is 83.2 Å². The topological polar surface area (TPSA) is 65.5 Å². The van der Waals surface area contributed by atoms with E-state index in [4.69, 9.17) is 14.9 Å². The van der Waals surface area contributed by atoms with E-state index in [-0.39, 0.29) is 0 Å². The molecule has 0 atom stereocenters. The maximum Gasteiger partial charge on any atom is 0.344 e. The van der Waals surface area contributed by atoms with Crippen LogP contribution in [-0.2, 0) is 0 Å². The fraction of sp³-hybridized carbons (Fsp3) is 0.0455. The van der Waals surface area contributed by atoms with Gasteiger partial charge in [0.05, 0.1) is 12.7 Å². The predicted molar refractivity (Wildman–Crippen MR) is 104 cm³/mol. The van der Waals surface area contributed by atoms with Gasteiger partial charge in [-0.25, -0.2) is 4.79 Å². The van der Waals surface area contributed by atoms with Crippen LogP contribution in [0.15, 0.2) is 82.0 Å². The second-order valence-corrected chi connectivity index (χ2v) is 5.95. The van der Waals surface area contributed by atoms with Gasteiger partial charge in [-0.15, -0.1) is 0 Å². The maximum absolute atomic E-state index is 12.9. The van der Waals surface area contributed by atoms with Crippen LogP contribution in [0.2, 0.25) is 0 Å². The lowest BCUT2D eigenvalue weighted by Gasteiger charge is -2.14. The molecule has 4 rings (SSSR count). The first-order valence-electron chi connectivity index (χ1n) is 8.24. The van der Waals surface area contributed by atoms with Gasteiger partial charge in [-0.1, -0.05) is 48.5 Å². The summed E-state index contributed by atoms with van der Waals surface area (Å²) in [6, 6.07) is 22.5. The summed E-state index contributed by atoms with van der Waals surface area (Å²) in [6.45, 7) is 0. The summed E-state index contributed by atoms with van der Waals surface area (Å²) in [5.41, 5.74) is 9.76. The molecule has 0 saturated carbocycles. The van der Waals surface area contributed by atoms with Gasteiger partial charge in [0.2, 0.25) is 0 Å². The molecule has 0 radical (unpaired) electrons. The molecule has 26 heavy (non-hydrogen) atoms. The van der Waals surface area contributed by atoms with Crippen LogP contribution in [0, 0.1) is 0 Å². The van der Waals surface area contributed by atoms with Crippen LogP contribution in [0.1, 0.15) is 0 Å². The molecule has 0 fully saturated rings. The van der Waals surface area contributed by atoms with E-state index >= 15 is 0 Å². The first kappa shape index (κ1) is 16.0. The number of nitrogens with two attached hydrogens (primary N) is 1. The lowest BCUT2D eigenvalue weighted by Crippen LogP contribution is -2.07. The van der Waals surface area contributed by atoms with E-state index < -0.39 is 5.63 Å². The molecule has 128 valence electrons. The molecule has 4 nitrogen and oxygen atoms in total. The van der Waals surface area contributed by atoms with Crippen molar-refractivity contribution in [2.24, 2.45) is 0 Å². The number of nitrogen functional groups attached to an aromatic ring is 1. The predicted octanol–water partition coefficient (Wildman–Crippen LogP) is 4.72. The molecule has 0 aliphatic heterocycles. The third-order valence-electron chi connectivity index (χ3n) is 4.41. The third kappa shape index (κ3) is 2.62. The van der Waals surface area contributed by atoms with Crippen LogP contribution in [0.4, 0.5) is 5.69 Å². The van der Waals surface area contributed by atoms with Gasteiger partial charge in [-0.2, -0.15) is 0 Å². The highest BCUT2D eigenvalue weighted by Crippen LogP contribution is 2.39. The number of para-hydroxylation sites is 1. The third-order valence-corrected chi connectivity index (χ3v) is 4.41. The Bertz CT molecular complexity index is 1150. The summed E-state index contributed by atoms with van der Waals surface area (Å²) in [5, 5.41) is 0.808. The number of anilines is 1. The Kier molecular flexibility index (Phi) is 3.93. The summed E-state index contributed by atoms with van der Waals surface area (Å²) in [6.07, 6.45) is 0. The SMILES string of the molecule is COc1ccc2c(-c3ccccc3N)c(-c3ccccc3)c(=O)oc2c1. The zero-order valence-corrected chi connectivity index (χ0v) is 14.2. The van der Waals surface area contributed by atoms with Crippen molar-refractivity contribution in [2.45, 2.75) is 0 Å². The molecule has 2 N–H and O–H groups in total. The summed E-state index contributed by atoms with van der Waals surface area (Å²) in [7, 11) is 1.58. The molecule has 0 amide bonds. The number of ether oxygens (including phenoxy) is 1. The Balaban J connectivity index is 2.17. The van der Waals surface area contributed by atoms with Crippen molar-refractivity contribution < 1.29 is 9.15 Å². The van der Waals surface area contributed by atoms with E-state index in [0.29, 0.717) is 22.6 Å². The molecule has 0 spiro atoms. The summed E-state index contributed by atoms with van der Waals surface area (Å²) < 4.78 is 10.9. The zero-order chi connectivity index (χ0) is 18.1. The molecular formula is C22H17NO3. The normalized spacial score (nSPS) is 10.8. The van der Waals surface area contributed by atoms with E-state index in [2.05, 4.69) is 0 Å². The second-order valence-electron chi connectivity index (χ2n) is 5.95. The first-order chi connectivity index (χ1) is 12.7. The molecule has 0 aliphatic rings. The molecule has 3 aromatic carbocycles. The van der Waals surface area contributed by atoms with Crippen molar-refractivity contribution >= 4 is 16.7 Å². The van der Waals surface area contributed by atoms with E-state index in [1.165, 1.54) is 0 Å². The zero-order valence-electron chi connectivity index (χ0n) is 14.2. The Morgan fingerprint density at radius 1 is 0.885 bits per heavy atom. The van der Waals surface area contributed by atoms with Crippen LogP contribution in [-0.4, -0.2) is 7.11 Å². The smallest absolute Gasteiger partial charge is 0.344 e. The molecular weight excluding hydrogens is 326 g/mol. The molecule has 4 aromatic rings. The van der Waals surface area contributed by atoms with Crippen LogP contribution in [0.3, 0.4) is 0 Å². The van der Waals surface area contributed by atoms with Gasteiger partial charge in [0.15, 0.2) is 0 Å². The number of hydrogen-bond acceptors (Lipinski definition) is 4. The maximum atomic E-state index is 12.9. The fourth-order valence-corrected chi connectivity index (χ4v) is 3.18. The summed E-state index contributed by atoms with van der Waals surface area (Å²) >= 11 is 0. The van der Waals surface area contributed by atoms with Gasteiger partial charge in [0.1, 0.15) is 11.3 Å². The van der Waals surface area contributed by atoms with Gasteiger partial charge < -0.3 is 14.9 Å². The van der Waals surface area contributed by atoms with Gasteiger partial charge in [-0.3, -0.25) is 0 Å². The first-order valence-corrected chi connectivity index (χ1v) is 8.24. The number of rotatable bonds is 3. The minimum atomic E-state index is -0.407. The number of fused-ring (bicyclic) bond motifs is 1. The monoisotopic (exact) mass is 343 g/mol. The average molecular weight is 343 g/mol. The summed E-state index contributed by atoms with van der Waals surface area (Å²) in [4.78, 5) is 12.9. The highest BCUT2D eigenvalue weighted by atomic mass is 16.5. The van der Waals surface area contributed by atoms with Crippen molar-refractivity contribution in [1.29, 1.82) is 0 Å². The van der Waals surface area contributed by atoms with E-state index in [1.807, 2.05) is 66.7 Å². The fourth-order valence-electron chi connectivity index (χ4n) is 3.18. The van der Waals surface area contributed by atoms with Gasteiger partial charge in [-0.05, 0) is 23.8 Å². The number of benzene rings is 3. The molecule has 0 unspecified atom stereocenters. The lowest BCUT2D eigenvalue weighted by molar-refractivity contribution is 0.414. The Labute approximate surface area is 150 Å². The van der Waals surface area contributed by atoms with Gasteiger partial charge >= 0.3 is 5.63 Å². The average Bonchev–Trinajstić information content (AvgIpc) is 2.67. The highest BCUT2D eigenvalue weighted by molar-refractivity contribution is 6.03. The largest absolute Gasteiger partial charge is 0.497 e. The molecule has 1 aromatic heterocycles. The molecule has 1 heterocycles. The van der Waals surface area contributed by atoms with E-state index in [9.17, 15) is 4.79 Å². The minimum absolute atomic E-state index is 0.407. The van der Waals surface area contributed by atoms with E-state index in [0.717, 1.165) is 22.1 Å². The second kappa shape index (κ2) is 6.41. The van der Waals surface area contributed by atoms with Crippen molar-refractivity contribution in [3.8, 4) is 28.0 Å². The molecule has 4 heteroatoms. The Hall–Kier alpha value is -3.53. The number of hydrogen-bond donors (Lipinski definition) is 1. The molecule has 0 bridgehead atoms. The quantitative estimate of drug-likeness (QED) is 0.432. The van der Waals surface area contributed by atoms with Gasteiger partial charge in [0.25, 0.3) is 0 Å². The van der Waals surface area contributed by atoms with Crippen molar-refractivity contribution in [2.75, 3.05) is 12.8 Å². The van der Waals surface area contributed by atoms with Crippen LogP contribution < -0.4 is 16.1 Å². The highest BCUT2D eigenvalue weighted by Gasteiger charge is 2.19. The lowest BCUT2D eigenvalue weighted by atomic mass is 9.92. The Morgan fingerprint density at radius 2 is 1.62 bits per heavy atom. The summed E-state index contributed by atoms with van der Waals surface area (Å²) in [5.74, 6) is 0.625. The van der Waals surface area contributed by atoms with Crippen molar-refractivity contribution in [3.63, 3.8) is 0 Å². The minimum Gasteiger partial charge on any atom is -0.497 e. The number of methoxy groups -OCH3 is 1. The molecule has 0 aliphatic carbocycles. The van der Waals surface area contributed by atoms with Crippen molar-refractivity contribution in [1.82, 2.24) is 0 Å². The molecule has 0 saturated heterocycles. The van der Waals surface area contributed by atoms with Crippen LogP contribution >= 0.6 is 0 Å². The van der Waals surface area contributed by atoms with E-state index in [1.54, 1.807) is 13.2 Å². The van der Waals surface area contributed by atoms with Gasteiger partial charge in [0, 0.05) is 28.3 Å².